The van der Waals surface area contributed by atoms with Crippen molar-refractivity contribution in [1.82, 2.24) is 9.97 Å². The maximum atomic E-state index is 5.33. The minimum Gasteiger partial charge on any atom is -0.443 e. The Morgan fingerprint density at radius 1 is 1.21 bits per heavy atom. The standard InChI is InChI=1S/C14H12BrN3O/c1-9-5-10(15)7-16-14(9)18(2)11-3-4-12-13(6-11)19-8-17-12/h3-8H,1-2H3. The highest BCUT2D eigenvalue weighted by molar-refractivity contribution is 9.10. The molecule has 0 N–H and O–H groups in total. The molecule has 2 heterocycles. The topological polar surface area (TPSA) is 42.2 Å². The van der Waals surface area contributed by atoms with E-state index < -0.39 is 0 Å². The van der Waals surface area contributed by atoms with Crippen LogP contribution < -0.4 is 4.90 Å². The van der Waals surface area contributed by atoms with Gasteiger partial charge >= 0.3 is 0 Å². The first-order chi connectivity index (χ1) is 9.15. The SMILES string of the molecule is Cc1cc(Br)cnc1N(C)c1ccc2ncoc2c1. The molecule has 0 aliphatic carbocycles. The van der Waals surface area contributed by atoms with Crippen LogP contribution in [0.2, 0.25) is 0 Å². The number of anilines is 2. The van der Waals surface area contributed by atoms with Gasteiger partial charge in [-0.2, -0.15) is 0 Å². The lowest BCUT2D eigenvalue weighted by Crippen LogP contribution is -2.12. The number of rotatable bonds is 2. The monoisotopic (exact) mass is 317 g/mol. The summed E-state index contributed by atoms with van der Waals surface area (Å²) < 4.78 is 6.31. The Labute approximate surface area is 119 Å². The third-order valence-corrected chi connectivity index (χ3v) is 3.47. The maximum Gasteiger partial charge on any atom is 0.181 e. The van der Waals surface area contributed by atoms with Crippen molar-refractivity contribution in [3.05, 3.63) is 46.9 Å². The van der Waals surface area contributed by atoms with Crippen molar-refractivity contribution >= 4 is 38.5 Å². The van der Waals surface area contributed by atoms with E-state index >= 15 is 0 Å². The fourth-order valence-corrected chi connectivity index (χ4v) is 2.50. The molecule has 1 aromatic carbocycles. The van der Waals surface area contributed by atoms with E-state index in [0.29, 0.717) is 0 Å². The minimum atomic E-state index is 0.777. The number of benzene rings is 1. The van der Waals surface area contributed by atoms with Crippen molar-refractivity contribution in [1.29, 1.82) is 0 Å². The average Bonchev–Trinajstić information content (AvgIpc) is 2.85. The van der Waals surface area contributed by atoms with Crippen LogP contribution in [0.3, 0.4) is 0 Å². The Kier molecular flexibility index (Phi) is 2.98. The summed E-state index contributed by atoms with van der Waals surface area (Å²) in [7, 11) is 1.99. The van der Waals surface area contributed by atoms with E-state index in [1.165, 1.54) is 6.39 Å². The predicted octanol–water partition coefficient (Wildman–Crippen LogP) is 4.06. The third-order valence-electron chi connectivity index (χ3n) is 3.04. The molecule has 2 aromatic heterocycles. The number of hydrogen-bond acceptors (Lipinski definition) is 4. The van der Waals surface area contributed by atoms with Gasteiger partial charge in [0.25, 0.3) is 0 Å². The van der Waals surface area contributed by atoms with Crippen LogP contribution in [-0.2, 0) is 0 Å². The van der Waals surface area contributed by atoms with Crippen LogP contribution in [-0.4, -0.2) is 17.0 Å². The summed E-state index contributed by atoms with van der Waals surface area (Å²) in [4.78, 5) is 10.6. The number of aromatic nitrogens is 2. The zero-order chi connectivity index (χ0) is 13.4. The zero-order valence-corrected chi connectivity index (χ0v) is 12.2. The molecule has 0 atom stereocenters. The molecule has 0 aliphatic rings. The van der Waals surface area contributed by atoms with Crippen LogP contribution in [0.15, 0.2) is 45.7 Å². The van der Waals surface area contributed by atoms with Gasteiger partial charge in [-0.1, -0.05) is 0 Å². The second kappa shape index (κ2) is 4.66. The van der Waals surface area contributed by atoms with E-state index in [9.17, 15) is 0 Å². The van der Waals surface area contributed by atoms with Gasteiger partial charge in [0, 0.05) is 29.5 Å². The molecule has 0 unspecified atom stereocenters. The molecule has 0 radical (unpaired) electrons. The van der Waals surface area contributed by atoms with Gasteiger partial charge in [0.15, 0.2) is 12.0 Å². The largest absolute Gasteiger partial charge is 0.443 e. The molecule has 0 spiro atoms. The Hall–Kier alpha value is -1.88. The molecule has 0 fully saturated rings. The molecule has 0 amide bonds. The number of fused-ring (bicyclic) bond motifs is 1. The summed E-state index contributed by atoms with van der Waals surface area (Å²) in [6.45, 7) is 2.04. The highest BCUT2D eigenvalue weighted by Crippen LogP contribution is 2.28. The van der Waals surface area contributed by atoms with E-state index in [1.54, 1.807) is 6.20 Å². The first-order valence-electron chi connectivity index (χ1n) is 5.84. The minimum absolute atomic E-state index is 0.777. The molecular formula is C14H12BrN3O. The van der Waals surface area contributed by atoms with Crippen molar-refractivity contribution in [3.8, 4) is 0 Å². The number of nitrogens with zero attached hydrogens (tertiary/aromatic N) is 3. The number of halogens is 1. The fourth-order valence-electron chi connectivity index (χ4n) is 2.06. The molecule has 5 heteroatoms. The summed E-state index contributed by atoms with van der Waals surface area (Å²) in [5.74, 6) is 0.919. The van der Waals surface area contributed by atoms with Gasteiger partial charge in [0.2, 0.25) is 0 Å². The molecule has 19 heavy (non-hydrogen) atoms. The van der Waals surface area contributed by atoms with Crippen molar-refractivity contribution in [2.45, 2.75) is 6.92 Å². The molecule has 4 nitrogen and oxygen atoms in total. The quantitative estimate of drug-likeness (QED) is 0.714. The summed E-state index contributed by atoms with van der Waals surface area (Å²) in [6.07, 6.45) is 3.25. The van der Waals surface area contributed by atoms with Crippen molar-refractivity contribution < 1.29 is 4.42 Å². The van der Waals surface area contributed by atoms with Gasteiger partial charge in [0.1, 0.15) is 11.3 Å². The second-order valence-corrected chi connectivity index (χ2v) is 5.27. The van der Waals surface area contributed by atoms with Gasteiger partial charge in [-0.15, -0.1) is 0 Å². The summed E-state index contributed by atoms with van der Waals surface area (Å²) in [5, 5.41) is 0. The van der Waals surface area contributed by atoms with Gasteiger partial charge in [0.05, 0.1) is 0 Å². The van der Waals surface area contributed by atoms with Gasteiger partial charge in [-0.25, -0.2) is 9.97 Å². The van der Waals surface area contributed by atoms with Gasteiger partial charge in [-0.3, -0.25) is 0 Å². The van der Waals surface area contributed by atoms with Crippen LogP contribution in [0.25, 0.3) is 11.1 Å². The van der Waals surface area contributed by atoms with E-state index in [1.807, 2.05) is 43.1 Å². The summed E-state index contributed by atoms with van der Waals surface area (Å²) >= 11 is 3.42. The molecule has 96 valence electrons. The van der Waals surface area contributed by atoms with Crippen molar-refractivity contribution in [3.63, 3.8) is 0 Å². The van der Waals surface area contributed by atoms with Crippen molar-refractivity contribution in [2.24, 2.45) is 0 Å². The Morgan fingerprint density at radius 2 is 2.05 bits per heavy atom. The molecule has 0 saturated carbocycles. The van der Waals surface area contributed by atoms with Crippen LogP contribution in [0.5, 0.6) is 0 Å². The number of pyridine rings is 1. The highest BCUT2D eigenvalue weighted by Gasteiger charge is 2.10. The smallest absolute Gasteiger partial charge is 0.181 e. The van der Waals surface area contributed by atoms with Gasteiger partial charge in [-0.05, 0) is 46.6 Å². The second-order valence-electron chi connectivity index (χ2n) is 4.36. The zero-order valence-electron chi connectivity index (χ0n) is 10.6. The lowest BCUT2D eigenvalue weighted by atomic mass is 10.2. The molecule has 3 rings (SSSR count). The normalized spacial score (nSPS) is 10.9. The van der Waals surface area contributed by atoms with Crippen LogP contribution in [0.4, 0.5) is 11.5 Å². The molecule has 0 bridgehead atoms. The van der Waals surface area contributed by atoms with E-state index in [0.717, 1.165) is 32.6 Å². The van der Waals surface area contributed by atoms with E-state index in [4.69, 9.17) is 4.42 Å². The van der Waals surface area contributed by atoms with Crippen LogP contribution in [0, 0.1) is 6.92 Å². The first-order valence-corrected chi connectivity index (χ1v) is 6.63. The summed E-state index contributed by atoms with van der Waals surface area (Å²) in [6, 6.07) is 7.96. The first kappa shape index (κ1) is 12.2. The Morgan fingerprint density at radius 3 is 2.84 bits per heavy atom. The predicted molar refractivity (Wildman–Crippen MR) is 78.7 cm³/mol. The number of aryl methyl sites for hydroxylation is 1. The van der Waals surface area contributed by atoms with E-state index in [2.05, 4.69) is 25.9 Å². The highest BCUT2D eigenvalue weighted by atomic mass is 79.9. The summed E-state index contributed by atoms with van der Waals surface area (Å²) in [5.41, 5.74) is 3.76. The third kappa shape index (κ3) is 2.21. The molecular weight excluding hydrogens is 306 g/mol. The van der Waals surface area contributed by atoms with Crippen LogP contribution in [0.1, 0.15) is 5.56 Å². The molecule has 0 saturated heterocycles. The molecule has 3 aromatic rings. The number of hydrogen-bond donors (Lipinski definition) is 0. The lowest BCUT2D eigenvalue weighted by Gasteiger charge is -2.20. The van der Waals surface area contributed by atoms with Crippen molar-refractivity contribution in [2.75, 3.05) is 11.9 Å². The number of oxazole rings is 1. The Bertz CT molecular complexity index is 738. The fraction of sp³-hybridized carbons (Fsp3) is 0.143. The van der Waals surface area contributed by atoms with E-state index in [-0.39, 0.29) is 0 Å². The Balaban J connectivity index is 2.04. The lowest BCUT2D eigenvalue weighted by molar-refractivity contribution is 0.602. The average molecular weight is 318 g/mol. The maximum absolute atomic E-state index is 5.33. The van der Waals surface area contributed by atoms with Crippen LogP contribution >= 0.6 is 15.9 Å². The van der Waals surface area contributed by atoms with Gasteiger partial charge < -0.3 is 9.32 Å². The molecule has 0 aliphatic heterocycles.